The Balaban J connectivity index is 1.38. The molecule has 0 fully saturated rings. The van der Waals surface area contributed by atoms with Crippen LogP contribution < -0.4 is 20.1 Å². The van der Waals surface area contributed by atoms with Crippen molar-refractivity contribution in [3.63, 3.8) is 0 Å². The van der Waals surface area contributed by atoms with Gasteiger partial charge >= 0.3 is 0 Å². The Kier molecular flexibility index (Phi) is 4.95. The minimum absolute atomic E-state index is 0.215. The summed E-state index contributed by atoms with van der Waals surface area (Å²) >= 11 is 0. The maximum atomic E-state index is 13.6. The van der Waals surface area contributed by atoms with E-state index in [9.17, 15) is 4.39 Å². The highest BCUT2D eigenvalue weighted by molar-refractivity contribution is 5.61. The molecule has 0 aliphatic carbocycles. The van der Waals surface area contributed by atoms with Gasteiger partial charge in [-0.05, 0) is 30.2 Å². The minimum atomic E-state index is -0.215. The number of nitrogens with zero attached hydrogens (tertiary/aromatic N) is 3. The summed E-state index contributed by atoms with van der Waals surface area (Å²) in [4.78, 5) is 4.37. The molecule has 0 radical (unpaired) electrons. The van der Waals surface area contributed by atoms with Crippen molar-refractivity contribution < 1.29 is 13.9 Å². The van der Waals surface area contributed by atoms with E-state index in [4.69, 9.17) is 9.47 Å². The maximum absolute atomic E-state index is 13.6. The van der Waals surface area contributed by atoms with E-state index in [-0.39, 0.29) is 5.82 Å². The normalized spacial score (nSPS) is 12.5. The van der Waals surface area contributed by atoms with E-state index < -0.39 is 0 Å². The van der Waals surface area contributed by atoms with Crippen LogP contribution in [0.25, 0.3) is 0 Å². The van der Waals surface area contributed by atoms with E-state index in [1.54, 1.807) is 12.1 Å². The number of hydrogen-bond acceptors (Lipinski definition) is 7. The van der Waals surface area contributed by atoms with Crippen molar-refractivity contribution in [2.24, 2.45) is 0 Å². The van der Waals surface area contributed by atoms with Gasteiger partial charge in [-0.25, -0.2) is 4.39 Å². The molecular formula is C19H18FN5O2. The van der Waals surface area contributed by atoms with Crippen molar-refractivity contribution in [3.8, 4) is 11.5 Å². The molecule has 8 heteroatoms. The minimum Gasteiger partial charge on any atom is -0.486 e. The van der Waals surface area contributed by atoms with E-state index in [0.717, 1.165) is 11.4 Å². The number of benzene rings is 2. The van der Waals surface area contributed by atoms with Gasteiger partial charge in [-0.2, -0.15) is 10.1 Å². The highest BCUT2D eigenvalue weighted by Gasteiger charge is 2.12. The molecule has 2 N–H and O–H groups in total. The zero-order valence-corrected chi connectivity index (χ0v) is 14.5. The Morgan fingerprint density at radius 3 is 2.78 bits per heavy atom. The van der Waals surface area contributed by atoms with Gasteiger partial charge in [0.1, 0.15) is 19.0 Å². The van der Waals surface area contributed by atoms with Crippen molar-refractivity contribution in [2.45, 2.75) is 6.42 Å². The van der Waals surface area contributed by atoms with Crippen LogP contribution in [0.5, 0.6) is 11.5 Å². The zero-order chi connectivity index (χ0) is 18.5. The average molecular weight is 367 g/mol. The number of fused-ring (bicyclic) bond motifs is 1. The fourth-order valence-corrected chi connectivity index (χ4v) is 2.72. The first-order valence-corrected chi connectivity index (χ1v) is 8.61. The Bertz CT molecular complexity index is 937. The van der Waals surface area contributed by atoms with Crippen LogP contribution in [-0.4, -0.2) is 34.9 Å². The average Bonchev–Trinajstić information content (AvgIpc) is 2.70. The van der Waals surface area contributed by atoms with Crippen LogP contribution in [0.4, 0.5) is 21.8 Å². The first-order valence-electron chi connectivity index (χ1n) is 8.61. The molecule has 3 aromatic rings. The second-order valence-electron chi connectivity index (χ2n) is 5.92. The topological polar surface area (TPSA) is 81.2 Å². The molecule has 1 aromatic heterocycles. The SMILES string of the molecule is Fc1ccccc1CCNc1nncc(Nc2ccc3c(c2)OCCO3)n1. The second kappa shape index (κ2) is 7.86. The van der Waals surface area contributed by atoms with Gasteiger partial charge in [0.2, 0.25) is 5.95 Å². The highest BCUT2D eigenvalue weighted by atomic mass is 19.1. The van der Waals surface area contributed by atoms with Crippen LogP contribution in [0.1, 0.15) is 5.56 Å². The molecule has 27 heavy (non-hydrogen) atoms. The van der Waals surface area contributed by atoms with Gasteiger partial charge in [0.05, 0.1) is 6.20 Å². The zero-order valence-electron chi connectivity index (χ0n) is 14.5. The van der Waals surface area contributed by atoms with Crippen LogP contribution in [0.15, 0.2) is 48.7 Å². The number of nitrogens with one attached hydrogen (secondary N) is 2. The van der Waals surface area contributed by atoms with Crippen LogP contribution in [0, 0.1) is 5.82 Å². The molecule has 4 rings (SSSR count). The summed E-state index contributed by atoms with van der Waals surface area (Å²) in [5, 5.41) is 14.1. The number of ether oxygens (including phenoxy) is 2. The van der Waals surface area contributed by atoms with E-state index in [1.807, 2.05) is 24.3 Å². The fraction of sp³-hybridized carbons (Fsp3) is 0.211. The number of halogens is 1. The first-order chi connectivity index (χ1) is 13.3. The lowest BCUT2D eigenvalue weighted by Gasteiger charge is -2.19. The Labute approximate surface area is 155 Å². The fourth-order valence-electron chi connectivity index (χ4n) is 2.72. The van der Waals surface area contributed by atoms with Crippen LogP contribution in [0.3, 0.4) is 0 Å². The maximum Gasteiger partial charge on any atom is 0.244 e. The monoisotopic (exact) mass is 367 g/mol. The van der Waals surface area contributed by atoms with Gasteiger partial charge in [-0.1, -0.05) is 18.2 Å². The molecule has 1 aliphatic heterocycles. The molecule has 0 saturated heterocycles. The van der Waals surface area contributed by atoms with Gasteiger partial charge in [0, 0.05) is 18.3 Å². The molecule has 2 heterocycles. The highest BCUT2D eigenvalue weighted by Crippen LogP contribution is 2.33. The number of hydrogen-bond donors (Lipinski definition) is 2. The van der Waals surface area contributed by atoms with Crippen molar-refractivity contribution in [2.75, 3.05) is 30.4 Å². The lowest BCUT2D eigenvalue weighted by Crippen LogP contribution is -2.15. The summed E-state index contributed by atoms with van der Waals surface area (Å²) in [6.07, 6.45) is 2.05. The molecule has 0 atom stereocenters. The standard InChI is InChI=1S/C19H18FN5O2/c20-15-4-2-1-3-13(15)7-8-21-19-24-18(12-22-25-19)23-14-5-6-16-17(11-14)27-10-9-26-16/h1-6,11-12H,7-10H2,(H2,21,23,24,25). The van der Waals surface area contributed by atoms with Crippen molar-refractivity contribution in [1.29, 1.82) is 0 Å². The molecule has 0 unspecified atom stereocenters. The number of rotatable bonds is 6. The summed E-state index contributed by atoms with van der Waals surface area (Å²) < 4.78 is 24.7. The van der Waals surface area contributed by atoms with Crippen molar-refractivity contribution in [1.82, 2.24) is 15.2 Å². The number of aromatic nitrogens is 3. The molecule has 0 spiro atoms. The number of anilines is 3. The van der Waals surface area contributed by atoms with Gasteiger partial charge < -0.3 is 20.1 Å². The summed E-state index contributed by atoms with van der Waals surface area (Å²) in [7, 11) is 0. The molecule has 0 saturated carbocycles. The lowest BCUT2D eigenvalue weighted by atomic mass is 10.1. The molecule has 2 aromatic carbocycles. The van der Waals surface area contributed by atoms with Gasteiger partial charge in [-0.15, -0.1) is 5.10 Å². The van der Waals surface area contributed by atoms with E-state index in [2.05, 4.69) is 25.8 Å². The van der Waals surface area contributed by atoms with Gasteiger partial charge in [0.25, 0.3) is 0 Å². The Morgan fingerprint density at radius 2 is 1.89 bits per heavy atom. The molecular weight excluding hydrogens is 349 g/mol. The smallest absolute Gasteiger partial charge is 0.244 e. The molecule has 1 aliphatic rings. The predicted octanol–water partition coefficient (Wildman–Crippen LogP) is 3.18. The Hall–Kier alpha value is -3.42. The van der Waals surface area contributed by atoms with Crippen LogP contribution >= 0.6 is 0 Å². The summed E-state index contributed by atoms with van der Waals surface area (Å²) in [6, 6.07) is 12.3. The predicted molar refractivity (Wildman–Crippen MR) is 99.1 cm³/mol. The molecule has 138 valence electrons. The lowest BCUT2D eigenvalue weighted by molar-refractivity contribution is 0.171. The molecule has 7 nitrogen and oxygen atoms in total. The third-order valence-corrected chi connectivity index (χ3v) is 4.01. The van der Waals surface area contributed by atoms with Crippen molar-refractivity contribution in [3.05, 3.63) is 60.0 Å². The first kappa shape index (κ1) is 17.0. The van der Waals surface area contributed by atoms with Crippen molar-refractivity contribution >= 4 is 17.5 Å². The van der Waals surface area contributed by atoms with Crippen LogP contribution in [-0.2, 0) is 6.42 Å². The third kappa shape index (κ3) is 4.22. The van der Waals surface area contributed by atoms with Gasteiger partial charge in [0.15, 0.2) is 17.3 Å². The Morgan fingerprint density at radius 1 is 1.04 bits per heavy atom. The van der Waals surface area contributed by atoms with E-state index >= 15 is 0 Å². The summed E-state index contributed by atoms with van der Waals surface area (Å²) in [6.45, 7) is 1.58. The third-order valence-electron chi connectivity index (χ3n) is 4.01. The summed E-state index contributed by atoms with van der Waals surface area (Å²) in [5.41, 5.74) is 1.44. The van der Waals surface area contributed by atoms with E-state index in [0.29, 0.717) is 49.3 Å². The van der Waals surface area contributed by atoms with Gasteiger partial charge in [-0.3, -0.25) is 0 Å². The van der Waals surface area contributed by atoms with Crippen LogP contribution in [0.2, 0.25) is 0 Å². The summed E-state index contributed by atoms with van der Waals surface area (Å²) in [5.74, 6) is 2.11. The quantitative estimate of drug-likeness (QED) is 0.692. The molecule has 0 amide bonds. The molecule has 0 bridgehead atoms. The largest absolute Gasteiger partial charge is 0.486 e. The van der Waals surface area contributed by atoms with E-state index in [1.165, 1.54) is 12.3 Å². The second-order valence-corrected chi connectivity index (χ2v) is 5.92.